The first-order valence-electron chi connectivity index (χ1n) is 8.57. The molecule has 0 unspecified atom stereocenters. The summed E-state index contributed by atoms with van der Waals surface area (Å²) in [5.41, 5.74) is 3.28. The highest BCUT2D eigenvalue weighted by Gasteiger charge is 2.28. The Balaban J connectivity index is 0.00000392. The number of aryl methyl sites for hydroxylation is 1. The van der Waals surface area contributed by atoms with E-state index in [1.54, 1.807) is 13.1 Å². The molecule has 2 N–H and O–H groups in total. The van der Waals surface area contributed by atoms with E-state index in [9.17, 15) is 13.2 Å². The molecule has 1 heterocycles. The Kier molecular flexibility index (Phi) is 10.0. The normalized spacial score (nSPS) is 11.5. The number of alkyl halides is 3. The van der Waals surface area contributed by atoms with Crippen LogP contribution in [-0.2, 0) is 19.5 Å². The number of halogens is 4. The molecule has 9 heteroatoms. The fourth-order valence-corrected chi connectivity index (χ4v) is 2.42. The number of benzene rings is 1. The number of pyridine rings is 1. The number of rotatable bonds is 7. The fraction of sp³-hybridized carbons (Fsp3) is 0.368. The van der Waals surface area contributed by atoms with E-state index in [-0.39, 0.29) is 29.9 Å². The Labute approximate surface area is 179 Å². The maximum atomic E-state index is 12.1. The SMILES string of the molecule is CCc1ccccc1CNC(=NC)NCc1ccc(OCC(F)(F)F)nc1.I. The van der Waals surface area contributed by atoms with E-state index in [4.69, 9.17) is 0 Å². The average molecular weight is 508 g/mol. The molecule has 2 aromatic rings. The number of guanidine groups is 1. The van der Waals surface area contributed by atoms with Gasteiger partial charge in [-0.05, 0) is 23.1 Å². The van der Waals surface area contributed by atoms with Gasteiger partial charge in [-0.15, -0.1) is 24.0 Å². The van der Waals surface area contributed by atoms with Crippen LogP contribution in [-0.4, -0.2) is 30.8 Å². The molecular weight excluding hydrogens is 484 g/mol. The summed E-state index contributed by atoms with van der Waals surface area (Å²) >= 11 is 0. The van der Waals surface area contributed by atoms with Crippen molar-refractivity contribution in [3.8, 4) is 5.88 Å². The van der Waals surface area contributed by atoms with Crippen LogP contribution in [0, 0.1) is 0 Å². The molecule has 1 aromatic heterocycles. The third-order valence-corrected chi connectivity index (χ3v) is 3.81. The maximum Gasteiger partial charge on any atom is 0.422 e. The Morgan fingerprint density at radius 2 is 1.75 bits per heavy atom. The first-order chi connectivity index (χ1) is 12.9. The second-order valence-electron chi connectivity index (χ2n) is 5.81. The van der Waals surface area contributed by atoms with Crippen LogP contribution < -0.4 is 15.4 Å². The van der Waals surface area contributed by atoms with E-state index < -0.39 is 12.8 Å². The van der Waals surface area contributed by atoms with Gasteiger partial charge in [0.25, 0.3) is 0 Å². The van der Waals surface area contributed by atoms with Crippen molar-refractivity contribution in [3.63, 3.8) is 0 Å². The van der Waals surface area contributed by atoms with Crippen molar-refractivity contribution in [1.82, 2.24) is 15.6 Å². The third-order valence-electron chi connectivity index (χ3n) is 3.81. The van der Waals surface area contributed by atoms with Crippen molar-refractivity contribution in [1.29, 1.82) is 0 Å². The van der Waals surface area contributed by atoms with Gasteiger partial charge in [-0.1, -0.05) is 37.3 Å². The number of hydrogen-bond donors (Lipinski definition) is 2. The van der Waals surface area contributed by atoms with Crippen molar-refractivity contribution in [2.45, 2.75) is 32.6 Å². The van der Waals surface area contributed by atoms with E-state index in [0.717, 1.165) is 12.0 Å². The molecule has 0 fully saturated rings. The molecule has 0 saturated carbocycles. The zero-order chi connectivity index (χ0) is 19.7. The van der Waals surface area contributed by atoms with Crippen molar-refractivity contribution in [2.75, 3.05) is 13.7 Å². The van der Waals surface area contributed by atoms with Crippen LogP contribution in [0.1, 0.15) is 23.6 Å². The summed E-state index contributed by atoms with van der Waals surface area (Å²) < 4.78 is 41.0. The number of hydrogen-bond acceptors (Lipinski definition) is 3. The smallest absolute Gasteiger partial charge is 0.422 e. The summed E-state index contributed by atoms with van der Waals surface area (Å²) in [6.45, 7) is 1.84. The summed E-state index contributed by atoms with van der Waals surface area (Å²) in [4.78, 5) is 8.05. The van der Waals surface area contributed by atoms with Crippen molar-refractivity contribution < 1.29 is 17.9 Å². The highest BCUT2D eigenvalue weighted by Crippen LogP contribution is 2.17. The lowest BCUT2D eigenvalue weighted by molar-refractivity contribution is -0.154. The van der Waals surface area contributed by atoms with Crippen LogP contribution >= 0.6 is 24.0 Å². The molecule has 1 aromatic carbocycles. The highest BCUT2D eigenvalue weighted by molar-refractivity contribution is 14.0. The Morgan fingerprint density at radius 1 is 1.07 bits per heavy atom. The Bertz CT molecular complexity index is 752. The van der Waals surface area contributed by atoms with Crippen LogP contribution in [0.5, 0.6) is 5.88 Å². The lowest BCUT2D eigenvalue weighted by atomic mass is 10.1. The molecule has 0 aliphatic rings. The first-order valence-corrected chi connectivity index (χ1v) is 8.57. The van der Waals surface area contributed by atoms with Gasteiger partial charge in [-0.25, -0.2) is 4.98 Å². The molecule has 0 saturated heterocycles. The molecule has 154 valence electrons. The van der Waals surface area contributed by atoms with Crippen LogP contribution in [0.15, 0.2) is 47.6 Å². The van der Waals surface area contributed by atoms with Crippen LogP contribution in [0.4, 0.5) is 13.2 Å². The molecule has 5 nitrogen and oxygen atoms in total. The van der Waals surface area contributed by atoms with Gasteiger partial charge in [0.15, 0.2) is 12.6 Å². The largest absolute Gasteiger partial charge is 0.468 e. The molecule has 28 heavy (non-hydrogen) atoms. The third kappa shape index (κ3) is 8.32. The van der Waals surface area contributed by atoms with Crippen LogP contribution in [0.2, 0.25) is 0 Å². The topological polar surface area (TPSA) is 58.5 Å². The van der Waals surface area contributed by atoms with Crippen LogP contribution in [0.3, 0.4) is 0 Å². The maximum absolute atomic E-state index is 12.1. The molecule has 0 atom stereocenters. The number of nitrogens with one attached hydrogen (secondary N) is 2. The molecule has 2 rings (SSSR count). The number of ether oxygens (including phenoxy) is 1. The zero-order valence-corrected chi connectivity index (χ0v) is 18.0. The summed E-state index contributed by atoms with van der Waals surface area (Å²) in [5.74, 6) is 0.563. The molecule has 0 amide bonds. The van der Waals surface area contributed by atoms with Crippen molar-refractivity contribution >= 4 is 29.9 Å². The van der Waals surface area contributed by atoms with Gasteiger partial charge in [0.1, 0.15) is 0 Å². The molecule has 0 aliphatic carbocycles. The second kappa shape index (κ2) is 11.7. The number of aromatic nitrogens is 1. The zero-order valence-electron chi connectivity index (χ0n) is 15.7. The minimum atomic E-state index is -4.38. The average Bonchev–Trinajstić information content (AvgIpc) is 2.67. The summed E-state index contributed by atoms with van der Waals surface area (Å²) in [5, 5.41) is 6.39. The van der Waals surface area contributed by atoms with Crippen molar-refractivity contribution in [2.24, 2.45) is 4.99 Å². The molecule has 0 bridgehead atoms. The van der Waals surface area contributed by atoms with E-state index in [0.29, 0.717) is 19.0 Å². The van der Waals surface area contributed by atoms with E-state index in [2.05, 4.69) is 44.4 Å². The lowest BCUT2D eigenvalue weighted by Gasteiger charge is -2.14. The standard InChI is InChI=1S/C19H23F3N4O.HI/c1-3-15-6-4-5-7-16(15)12-26-18(23-2)25-11-14-8-9-17(24-10-14)27-13-19(20,21)22;/h4-10H,3,11-13H2,1-2H3,(H2,23,25,26);1H. The van der Waals surface area contributed by atoms with E-state index in [1.165, 1.54) is 23.4 Å². The van der Waals surface area contributed by atoms with Gasteiger partial charge in [-0.3, -0.25) is 4.99 Å². The minimum Gasteiger partial charge on any atom is -0.468 e. The molecule has 0 aliphatic heterocycles. The second-order valence-corrected chi connectivity index (χ2v) is 5.81. The predicted molar refractivity (Wildman–Crippen MR) is 114 cm³/mol. The predicted octanol–water partition coefficient (Wildman–Crippen LogP) is 4.07. The van der Waals surface area contributed by atoms with Crippen LogP contribution in [0.25, 0.3) is 0 Å². The Morgan fingerprint density at radius 3 is 2.32 bits per heavy atom. The highest BCUT2D eigenvalue weighted by atomic mass is 127. The van der Waals surface area contributed by atoms with Gasteiger partial charge < -0.3 is 15.4 Å². The molecule has 0 spiro atoms. The van der Waals surface area contributed by atoms with Gasteiger partial charge in [-0.2, -0.15) is 13.2 Å². The fourth-order valence-electron chi connectivity index (χ4n) is 2.42. The first kappa shape index (κ1) is 24.0. The molecular formula is C19H24F3IN4O. The van der Waals surface area contributed by atoms with Gasteiger partial charge in [0.2, 0.25) is 5.88 Å². The molecule has 0 radical (unpaired) electrons. The quantitative estimate of drug-likeness (QED) is 0.337. The summed E-state index contributed by atoms with van der Waals surface area (Å²) in [7, 11) is 1.67. The van der Waals surface area contributed by atoms with Gasteiger partial charge >= 0.3 is 6.18 Å². The van der Waals surface area contributed by atoms with E-state index >= 15 is 0 Å². The Hall–Kier alpha value is -2.04. The number of aliphatic imine (C=N–C) groups is 1. The van der Waals surface area contributed by atoms with Gasteiger partial charge in [0, 0.05) is 32.4 Å². The minimum absolute atomic E-state index is 0. The van der Waals surface area contributed by atoms with E-state index in [1.807, 2.05) is 12.1 Å². The van der Waals surface area contributed by atoms with Gasteiger partial charge in [0.05, 0.1) is 0 Å². The summed E-state index contributed by atoms with van der Waals surface area (Å²) in [6.07, 6.45) is -1.95. The van der Waals surface area contributed by atoms with Crippen molar-refractivity contribution in [3.05, 3.63) is 59.3 Å². The lowest BCUT2D eigenvalue weighted by Crippen LogP contribution is -2.36. The monoisotopic (exact) mass is 508 g/mol. The number of nitrogens with zero attached hydrogens (tertiary/aromatic N) is 2. The summed E-state index contributed by atoms with van der Waals surface area (Å²) in [6, 6.07) is 11.3.